The number of nitriles is 2. The molecule has 0 amide bonds. The summed E-state index contributed by atoms with van der Waals surface area (Å²) in [4.78, 5) is 4.32. The molecule has 2 aliphatic carbocycles. The molecule has 0 atom stereocenters. The van der Waals surface area contributed by atoms with Crippen LogP contribution in [0.2, 0.25) is 0 Å². The molecule has 0 radical (unpaired) electrons. The third-order valence-corrected chi connectivity index (χ3v) is 6.06. The maximum atomic E-state index is 9.39. The zero-order chi connectivity index (χ0) is 19.1. The lowest BCUT2D eigenvalue weighted by Gasteiger charge is -2.23. The number of fused-ring (bicyclic) bond motifs is 2. The summed E-state index contributed by atoms with van der Waals surface area (Å²) in [7, 11) is 0. The molecule has 0 bridgehead atoms. The molecule has 0 fully saturated rings. The minimum absolute atomic E-state index is 0.116. The fourth-order valence-electron chi connectivity index (χ4n) is 4.85. The molecule has 0 aliphatic heterocycles. The fraction of sp³-hybridized carbons (Fsp3) is 0.160. The highest BCUT2D eigenvalue weighted by atomic mass is 14.8. The van der Waals surface area contributed by atoms with Crippen molar-refractivity contribution in [2.45, 2.75) is 19.3 Å². The van der Waals surface area contributed by atoms with E-state index in [9.17, 15) is 10.5 Å². The van der Waals surface area contributed by atoms with Crippen LogP contribution >= 0.6 is 0 Å². The Kier molecular flexibility index (Phi) is 3.64. The van der Waals surface area contributed by atoms with E-state index in [4.69, 9.17) is 0 Å². The quantitative estimate of drug-likeness (QED) is 0.584. The van der Waals surface area contributed by atoms with Crippen LogP contribution in [0, 0.1) is 28.2 Å². The van der Waals surface area contributed by atoms with Gasteiger partial charge in [-0.25, -0.2) is 0 Å². The van der Waals surface area contributed by atoms with Crippen molar-refractivity contribution in [2.75, 3.05) is 0 Å². The van der Waals surface area contributed by atoms with Gasteiger partial charge in [0.05, 0.1) is 17.3 Å². The van der Waals surface area contributed by atoms with E-state index < -0.39 is 0 Å². The Morgan fingerprint density at radius 3 is 2.18 bits per heavy atom. The van der Waals surface area contributed by atoms with Crippen LogP contribution in [0.15, 0.2) is 71.7 Å². The van der Waals surface area contributed by atoms with Gasteiger partial charge in [0.25, 0.3) is 0 Å². The van der Waals surface area contributed by atoms with E-state index in [1.54, 1.807) is 0 Å². The molecule has 0 saturated carbocycles. The van der Waals surface area contributed by atoms with Gasteiger partial charge in [0, 0.05) is 11.0 Å². The molecule has 28 heavy (non-hydrogen) atoms. The van der Waals surface area contributed by atoms with Gasteiger partial charge in [-0.1, -0.05) is 48.5 Å². The highest BCUT2D eigenvalue weighted by Gasteiger charge is 2.47. The molecule has 3 nitrogen and oxygen atoms in total. The maximum Gasteiger partial charge on any atom is 0.205 e. The van der Waals surface area contributed by atoms with E-state index in [0.29, 0.717) is 5.56 Å². The van der Waals surface area contributed by atoms with Gasteiger partial charge in [0.15, 0.2) is 0 Å². The summed E-state index contributed by atoms with van der Waals surface area (Å²) in [5.74, 6) is 0. The smallest absolute Gasteiger partial charge is 0.192 e. The summed E-state index contributed by atoms with van der Waals surface area (Å²) in [5.41, 5.74) is 8.56. The van der Waals surface area contributed by atoms with Gasteiger partial charge < -0.3 is 0 Å². The third-order valence-electron chi connectivity index (χ3n) is 6.06. The van der Waals surface area contributed by atoms with Gasteiger partial charge in [-0.05, 0) is 65.3 Å². The summed E-state index contributed by atoms with van der Waals surface area (Å²) < 4.78 is 0. The number of benzene rings is 3. The molecule has 132 valence electrons. The second kappa shape index (κ2) is 6.19. The van der Waals surface area contributed by atoms with Crippen molar-refractivity contribution >= 4 is 5.71 Å². The predicted octanol–water partition coefficient (Wildman–Crippen LogP) is 4.84. The van der Waals surface area contributed by atoms with E-state index in [0.717, 1.165) is 41.7 Å². The largest absolute Gasteiger partial charge is 0.205 e. The Balaban J connectivity index is 1.61. The first kappa shape index (κ1) is 16.5. The molecule has 3 heteroatoms. The van der Waals surface area contributed by atoms with E-state index in [-0.39, 0.29) is 5.41 Å². The van der Waals surface area contributed by atoms with Crippen molar-refractivity contribution in [3.05, 3.63) is 94.5 Å². The highest BCUT2D eigenvalue weighted by Crippen LogP contribution is 2.48. The molecule has 0 N–H and O–H groups in total. The maximum absolute atomic E-state index is 9.39. The summed E-state index contributed by atoms with van der Waals surface area (Å²) in [6.07, 6.45) is 4.82. The number of hydrogen-bond donors (Lipinski definition) is 0. The Labute approximate surface area is 164 Å². The average Bonchev–Trinajstić information content (AvgIpc) is 3.25. The first-order chi connectivity index (χ1) is 13.7. The van der Waals surface area contributed by atoms with Gasteiger partial charge in [0.1, 0.15) is 0 Å². The lowest BCUT2D eigenvalue weighted by molar-refractivity contribution is 0.459. The topological polar surface area (TPSA) is 59.9 Å². The Hall–Kier alpha value is -3.69. The van der Waals surface area contributed by atoms with Crippen molar-refractivity contribution in [3.8, 4) is 23.4 Å². The molecular weight excluding hydrogens is 342 g/mol. The van der Waals surface area contributed by atoms with Crippen molar-refractivity contribution < 1.29 is 0 Å². The Morgan fingerprint density at radius 2 is 1.46 bits per heavy atom. The van der Waals surface area contributed by atoms with E-state index >= 15 is 0 Å². The lowest BCUT2D eigenvalue weighted by Crippen LogP contribution is -2.29. The SMILES string of the molecule is N#CN=C1c2cc(-c3cccc(C#N)c3)ccc2CC12Cc1ccccc1C2. The minimum Gasteiger partial charge on any atom is -0.192 e. The number of rotatable bonds is 1. The molecule has 5 rings (SSSR count). The molecule has 2 aliphatic rings. The van der Waals surface area contributed by atoms with Gasteiger partial charge in [-0.15, -0.1) is 0 Å². The summed E-state index contributed by atoms with van der Waals surface area (Å²) in [6, 6.07) is 24.8. The normalized spacial score (nSPS) is 17.1. The van der Waals surface area contributed by atoms with Crippen molar-refractivity contribution in [3.63, 3.8) is 0 Å². The molecule has 1 spiro atoms. The van der Waals surface area contributed by atoms with Crippen LogP contribution in [0.1, 0.15) is 27.8 Å². The van der Waals surface area contributed by atoms with E-state index in [1.165, 1.54) is 16.7 Å². The zero-order valence-corrected chi connectivity index (χ0v) is 15.3. The van der Waals surface area contributed by atoms with Gasteiger partial charge in [0.2, 0.25) is 6.19 Å². The fourth-order valence-corrected chi connectivity index (χ4v) is 4.85. The van der Waals surface area contributed by atoms with Crippen LogP contribution in [-0.2, 0) is 19.3 Å². The summed E-state index contributed by atoms with van der Waals surface area (Å²) in [5, 5.41) is 18.6. The second-order valence-electron chi connectivity index (χ2n) is 7.70. The molecule has 3 aromatic carbocycles. The van der Waals surface area contributed by atoms with Crippen molar-refractivity contribution in [2.24, 2.45) is 10.4 Å². The Morgan fingerprint density at radius 1 is 0.750 bits per heavy atom. The molecule has 0 aromatic heterocycles. The van der Waals surface area contributed by atoms with Crippen molar-refractivity contribution in [1.82, 2.24) is 0 Å². The molecule has 0 heterocycles. The van der Waals surface area contributed by atoms with E-state index in [2.05, 4.69) is 59.7 Å². The summed E-state index contributed by atoms with van der Waals surface area (Å²) >= 11 is 0. The molecule has 3 aromatic rings. The van der Waals surface area contributed by atoms with Gasteiger partial charge in [-0.2, -0.15) is 15.5 Å². The van der Waals surface area contributed by atoms with Crippen LogP contribution in [0.25, 0.3) is 11.1 Å². The number of nitrogens with zero attached hydrogens (tertiary/aromatic N) is 3. The van der Waals surface area contributed by atoms with Crippen LogP contribution in [0.3, 0.4) is 0 Å². The van der Waals surface area contributed by atoms with Crippen LogP contribution in [0.4, 0.5) is 0 Å². The highest BCUT2D eigenvalue weighted by molar-refractivity contribution is 6.10. The third kappa shape index (κ3) is 2.45. The Bertz CT molecular complexity index is 1200. The van der Waals surface area contributed by atoms with Crippen LogP contribution < -0.4 is 0 Å². The lowest BCUT2D eigenvalue weighted by atomic mass is 9.80. The predicted molar refractivity (Wildman–Crippen MR) is 109 cm³/mol. The van der Waals surface area contributed by atoms with Gasteiger partial charge >= 0.3 is 0 Å². The average molecular weight is 359 g/mol. The second-order valence-corrected chi connectivity index (χ2v) is 7.70. The molecular formula is C25H17N3. The number of aliphatic imine (C=N–C) groups is 1. The van der Waals surface area contributed by atoms with Crippen LogP contribution in [0.5, 0.6) is 0 Å². The molecule has 0 unspecified atom stereocenters. The van der Waals surface area contributed by atoms with Crippen molar-refractivity contribution in [1.29, 1.82) is 10.5 Å². The van der Waals surface area contributed by atoms with Gasteiger partial charge in [-0.3, -0.25) is 0 Å². The van der Waals surface area contributed by atoms with Crippen LogP contribution in [-0.4, -0.2) is 5.71 Å². The zero-order valence-electron chi connectivity index (χ0n) is 15.3. The monoisotopic (exact) mass is 359 g/mol. The summed E-state index contributed by atoms with van der Waals surface area (Å²) in [6.45, 7) is 0. The standard InChI is InChI=1S/C25H17N3/c26-15-17-4-3-7-18(10-17)19-8-9-22-14-25(24(28-16-27)23(22)11-19)12-20-5-1-2-6-21(20)13-25/h1-11H,12-14H2. The van der Waals surface area contributed by atoms with E-state index in [1.807, 2.05) is 24.3 Å². The number of hydrogen-bond acceptors (Lipinski definition) is 3. The first-order valence-corrected chi connectivity index (χ1v) is 9.40. The minimum atomic E-state index is -0.116. The molecule has 0 saturated heterocycles. The first-order valence-electron chi connectivity index (χ1n) is 9.40.